The number of benzene rings is 1. The van der Waals surface area contributed by atoms with E-state index >= 15 is 0 Å². The van der Waals surface area contributed by atoms with Gasteiger partial charge in [0.15, 0.2) is 0 Å². The second kappa shape index (κ2) is 7.89. The van der Waals surface area contributed by atoms with Gasteiger partial charge in [-0.1, -0.05) is 19.1 Å². The Bertz CT molecular complexity index is 471. The number of thioether (sulfide) groups is 1. The zero-order valence-electron chi connectivity index (χ0n) is 11.3. The summed E-state index contributed by atoms with van der Waals surface area (Å²) in [5, 5.41) is 8.93. The Morgan fingerprint density at radius 1 is 1.32 bits per heavy atom. The highest BCUT2D eigenvalue weighted by Gasteiger charge is 2.16. The number of sulfonamides is 1. The van der Waals surface area contributed by atoms with Crippen molar-refractivity contribution >= 4 is 21.8 Å². The van der Waals surface area contributed by atoms with Crippen LogP contribution in [0.15, 0.2) is 29.2 Å². The minimum absolute atomic E-state index is 0.0819. The van der Waals surface area contributed by atoms with Crippen LogP contribution in [0.3, 0.4) is 0 Å². The molecule has 1 aromatic rings. The van der Waals surface area contributed by atoms with E-state index in [0.29, 0.717) is 5.56 Å². The molecule has 0 fully saturated rings. The van der Waals surface area contributed by atoms with Crippen molar-refractivity contribution in [2.24, 2.45) is 0 Å². The fraction of sp³-hybridized carbons (Fsp3) is 0.538. The second-order valence-electron chi connectivity index (χ2n) is 4.31. The first-order chi connectivity index (χ1) is 8.99. The van der Waals surface area contributed by atoms with Gasteiger partial charge in [-0.15, -0.1) is 0 Å². The summed E-state index contributed by atoms with van der Waals surface area (Å²) in [4.78, 5) is 0.236. The van der Waals surface area contributed by atoms with Crippen LogP contribution in [0, 0.1) is 0 Å². The molecule has 0 bridgehead atoms. The summed E-state index contributed by atoms with van der Waals surface area (Å²) >= 11 is 1.80. The molecule has 2 N–H and O–H groups in total. The zero-order valence-corrected chi connectivity index (χ0v) is 12.9. The topological polar surface area (TPSA) is 66.4 Å². The molecule has 6 heteroatoms. The van der Waals surface area contributed by atoms with Crippen molar-refractivity contribution in [2.45, 2.75) is 37.8 Å². The van der Waals surface area contributed by atoms with Crippen LogP contribution in [0.4, 0.5) is 0 Å². The second-order valence-corrected chi connectivity index (χ2v) is 7.42. The summed E-state index contributed by atoms with van der Waals surface area (Å²) in [6, 6.07) is 6.18. The first-order valence-corrected chi connectivity index (χ1v) is 8.93. The lowest BCUT2D eigenvalue weighted by molar-refractivity contribution is 0.282. The molecule has 0 saturated carbocycles. The van der Waals surface area contributed by atoms with E-state index in [-0.39, 0.29) is 17.5 Å². The number of hydrogen-bond acceptors (Lipinski definition) is 4. The molecule has 1 aromatic carbocycles. The lowest BCUT2D eigenvalue weighted by Crippen LogP contribution is -2.33. The first-order valence-electron chi connectivity index (χ1n) is 6.29. The average Bonchev–Trinajstić information content (AvgIpc) is 2.38. The van der Waals surface area contributed by atoms with Gasteiger partial charge >= 0.3 is 0 Å². The smallest absolute Gasteiger partial charge is 0.240 e. The number of nitrogens with one attached hydrogen (secondary N) is 1. The maximum absolute atomic E-state index is 12.1. The van der Waals surface area contributed by atoms with Gasteiger partial charge < -0.3 is 5.11 Å². The Kier molecular flexibility index (Phi) is 6.85. The molecule has 0 aliphatic carbocycles. The molecule has 0 heterocycles. The van der Waals surface area contributed by atoms with E-state index in [1.807, 2.05) is 6.92 Å². The van der Waals surface area contributed by atoms with Crippen molar-refractivity contribution in [3.05, 3.63) is 29.8 Å². The summed E-state index contributed by atoms with van der Waals surface area (Å²) in [6.07, 6.45) is 0.812. The predicted molar refractivity (Wildman–Crippen MR) is 79.8 cm³/mol. The molecular formula is C13H21NO3S2. The van der Waals surface area contributed by atoms with Gasteiger partial charge in [0.1, 0.15) is 0 Å². The lowest BCUT2D eigenvalue weighted by atomic mass is 10.2. The van der Waals surface area contributed by atoms with E-state index in [2.05, 4.69) is 11.6 Å². The van der Waals surface area contributed by atoms with E-state index in [4.69, 9.17) is 5.11 Å². The van der Waals surface area contributed by atoms with Gasteiger partial charge in [0, 0.05) is 6.04 Å². The minimum atomic E-state index is -3.46. The van der Waals surface area contributed by atoms with Crippen molar-refractivity contribution in [2.75, 3.05) is 11.5 Å². The van der Waals surface area contributed by atoms with E-state index in [1.165, 1.54) is 12.1 Å². The molecule has 0 aromatic heterocycles. The molecular weight excluding hydrogens is 282 g/mol. The fourth-order valence-corrected chi connectivity index (χ4v) is 3.66. The molecule has 19 heavy (non-hydrogen) atoms. The van der Waals surface area contributed by atoms with E-state index < -0.39 is 10.0 Å². The lowest BCUT2D eigenvalue weighted by Gasteiger charge is -2.14. The van der Waals surface area contributed by atoms with Gasteiger partial charge in [-0.3, -0.25) is 0 Å². The van der Waals surface area contributed by atoms with Gasteiger partial charge in [0.2, 0.25) is 10.0 Å². The third kappa shape index (κ3) is 5.52. The third-order valence-corrected chi connectivity index (χ3v) is 5.21. The largest absolute Gasteiger partial charge is 0.392 e. The Balaban J connectivity index is 2.63. The van der Waals surface area contributed by atoms with Crippen LogP contribution in [0.5, 0.6) is 0 Å². The predicted octanol–water partition coefficient (Wildman–Crippen LogP) is 1.99. The highest BCUT2D eigenvalue weighted by molar-refractivity contribution is 7.99. The highest BCUT2D eigenvalue weighted by atomic mass is 32.2. The van der Waals surface area contributed by atoms with E-state index in [0.717, 1.165) is 17.9 Å². The maximum Gasteiger partial charge on any atom is 0.240 e. The molecule has 1 unspecified atom stereocenters. The monoisotopic (exact) mass is 303 g/mol. The van der Waals surface area contributed by atoms with Crippen LogP contribution >= 0.6 is 11.8 Å². The molecule has 0 aliphatic heterocycles. The van der Waals surface area contributed by atoms with Crippen molar-refractivity contribution < 1.29 is 13.5 Å². The van der Waals surface area contributed by atoms with Crippen molar-refractivity contribution in [3.8, 4) is 0 Å². The van der Waals surface area contributed by atoms with Gasteiger partial charge in [0.05, 0.1) is 11.5 Å². The summed E-state index contributed by atoms with van der Waals surface area (Å²) in [5.74, 6) is 1.99. The Labute approximate surface area is 119 Å². The Hall–Kier alpha value is -0.560. The normalized spacial score (nSPS) is 13.4. The van der Waals surface area contributed by atoms with Crippen LogP contribution in [-0.2, 0) is 16.6 Å². The zero-order chi connectivity index (χ0) is 14.3. The van der Waals surface area contributed by atoms with Crippen LogP contribution in [0.25, 0.3) is 0 Å². The number of aliphatic hydroxyl groups excluding tert-OH is 1. The molecule has 0 saturated heterocycles. The molecule has 0 aliphatic rings. The Morgan fingerprint density at radius 2 is 1.95 bits per heavy atom. The van der Waals surface area contributed by atoms with E-state index in [9.17, 15) is 8.42 Å². The van der Waals surface area contributed by atoms with Crippen LogP contribution < -0.4 is 4.72 Å². The summed E-state index contributed by atoms with van der Waals surface area (Å²) in [7, 11) is -3.46. The Morgan fingerprint density at radius 3 is 2.47 bits per heavy atom. The molecule has 108 valence electrons. The summed E-state index contributed by atoms with van der Waals surface area (Å²) < 4.78 is 26.9. The fourth-order valence-electron chi connectivity index (χ4n) is 1.57. The van der Waals surface area contributed by atoms with Crippen molar-refractivity contribution in [1.29, 1.82) is 0 Å². The quantitative estimate of drug-likeness (QED) is 0.721. The summed E-state index contributed by atoms with van der Waals surface area (Å²) in [5.41, 5.74) is 0.700. The van der Waals surface area contributed by atoms with Crippen LogP contribution in [0.2, 0.25) is 0 Å². The van der Waals surface area contributed by atoms with Crippen molar-refractivity contribution in [1.82, 2.24) is 4.72 Å². The first kappa shape index (κ1) is 16.5. The highest BCUT2D eigenvalue weighted by Crippen LogP contribution is 2.12. The van der Waals surface area contributed by atoms with Gasteiger partial charge in [-0.05, 0) is 42.5 Å². The van der Waals surface area contributed by atoms with Gasteiger partial charge in [0.25, 0.3) is 0 Å². The van der Waals surface area contributed by atoms with E-state index in [1.54, 1.807) is 23.9 Å². The molecule has 1 atom stereocenters. The van der Waals surface area contributed by atoms with Gasteiger partial charge in [-0.25, -0.2) is 13.1 Å². The average molecular weight is 303 g/mol. The number of aliphatic hydroxyl groups is 1. The minimum Gasteiger partial charge on any atom is -0.392 e. The standard InChI is InChI=1S/C13H21NO3S2/c1-3-18-9-8-11(2)14-19(16,17)13-6-4-12(10-15)5-7-13/h4-7,11,14-15H,3,8-10H2,1-2H3. The van der Waals surface area contributed by atoms with Crippen LogP contribution in [-0.4, -0.2) is 31.1 Å². The summed E-state index contributed by atoms with van der Waals surface area (Å²) in [6.45, 7) is 3.87. The SMILES string of the molecule is CCSCCC(C)NS(=O)(=O)c1ccc(CO)cc1. The maximum atomic E-state index is 12.1. The molecule has 0 amide bonds. The molecule has 1 rings (SSSR count). The van der Waals surface area contributed by atoms with Gasteiger partial charge in [-0.2, -0.15) is 11.8 Å². The number of rotatable bonds is 8. The molecule has 4 nitrogen and oxygen atoms in total. The van der Waals surface area contributed by atoms with Crippen LogP contribution in [0.1, 0.15) is 25.8 Å². The molecule has 0 radical (unpaired) electrons. The van der Waals surface area contributed by atoms with Crippen molar-refractivity contribution in [3.63, 3.8) is 0 Å². The number of hydrogen-bond donors (Lipinski definition) is 2. The third-order valence-electron chi connectivity index (χ3n) is 2.67. The molecule has 0 spiro atoms.